The molecule has 1 aromatic heterocycles. The van der Waals surface area contributed by atoms with E-state index in [-0.39, 0.29) is 11.8 Å². The van der Waals surface area contributed by atoms with Crippen LogP contribution in [0.1, 0.15) is 20.8 Å². The Morgan fingerprint density at radius 3 is 2.66 bits per heavy atom. The Hall–Kier alpha value is -2.28. The zero-order valence-corrected chi connectivity index (χ0v) is 17.8. The smallest absolute Gasteiger partial charge is 0.268 e. The zero-order chi connectivity index (χ0) is 20.0. The fraction of sp³-hybridized carbons (Fsp3) is 0.182. The Morgan fingerprint density at radius 1 is 1.07 bits per heavy atom. The van der Waals surface area contributed by atoms with Gasteiger partial charge >= 0.3 is 0 Å². The van der Waals surface area contributed by atoms with Gasteiger partial charge in [0.1, 0.15) is 0 Å². The predicted molar refractivity (Wildman–Crippen MR) is 119 cm³/mol. The number of thioether (sulfide) groups is 1. The second-order valence-electron chi connectivity index (χ2n) is 6.93. The summed E-state index contributed by atoms with van der Waals surface area (Å²) in [6, 6.07) is 19.0. The summed E-state index contributed by atoms with van der Waals surface area (Å²) in [5, 5.41) is 2.52. The van der Waals surface area contributed by atoms with Crippen molar-refractivity contribution in [2.75, 3.05) is 17.2 Å². The maximum atomic E-state index is 13.9. The Labute approximate surface area is 182 Å². The summed E-state index contributed by atoms with van der Waals surface area (Å²) in [6.45, 7) is 0.917. The van der Waals surface area contributed by atoms with E-state index in [1.165, 1.54) is 11.3 Å². The van der Waals surface area contributed by atoms with Gasteiger partial charge in [-0.3, -0.25) is 9.59 Å². The quantitative estimate of drug-likeness (QED) is 0.576. The number of para-hydroxylation sites is 1. The van der Waals surface area contributed by atoms with Crippen LogP contribution < -0.4 is 4.90 Å². The third-order valence-corrected chi connectivity index (χ3v) is 8.01. The monoisotopic (exact) mass is 440 g/mol. The van der Waals surface area contributed by atoms with Gasteiger partial charge in [-0.15, -0.1) is 23.1 Å². The molecule has 2 aliphatic rings. The van der Waals surface area contributed by atoms with Gasteiger partial charge in [0.25, 0.3) is 11.8 Å². The number of carbonyl (C=O) groups excluding carboxylic acids is 2. The number of amides is 2. The van der Waals surface area contributed by atoms with Crippen LogP contribution in [0.5, 0.6) is 0 Å². The molecule has 2 aliphatic heterocycles. The number of benzene rings is 2. The van der Waals surface area contributed by atoms with Crippen molar-refractivity contribution < 1.29 is 9.59 Å². The molecule has 1 atom stereocenters. The normalized spacial score (nSPS) is 20.5. The number of hydrogen-bond donors (Lipinski definition) is 0. The van der Waals surface area contributed by atoms with Gasteiger partial charge in [-0.2, -0.15) is 0 Å². The average Bonchev–Trinajstić information content (AvgIpc) is 3.47. The van der Waals surface area contributed by atoms with Gasteiger partial charge in [0.15, 0.2) is 4.87 Å². The lowest BCUT2D eigenvalue weighted by molar-refractivity contribution is -0.123. The first-order valence-electron chi connectivity index (χ1n) is 9.27. The summed E-state index contributed by atoms with van der Waals surface area (Å²) in [6.07, 6.45) is 0. The molecule has 0 bridgehead atoms. The number of fused-ring (bicyclic) bond motifs is 2. The van der Waals surface area contributed by atoms with Crippen molar-refractivity contribution in [1.82, 2.24) is 4.90 Å². The van der Waals surface area contributed by atoms with Crippen LogP contribution in [0.15, 0.2) is 66.0 Å². The molecule has 3 aromatic rings. The second kappa shape index (κ2) is 7.20. The second-order valence-corrected chi connectivity index (χ2v) is 9.57. The van der Waals surface area contributed by atoms with Crippen molar-refractivity contribution in [2.24, 2.45) is 0 Å². The summed E-state index contributed by atoms with van der Waals surface area (Å²) in [7, 11) is 0. The van der Waals surface area contributed by atoms with Gasteiger partial charge in [0.2, 0.25) is 0 Å². The molecule has 3 heterocycles. The topological polar surface area (TPSA) is 40.6 Å². The van der Waals surface area contributed by atoms with Crippen LogP contribution in [-0.4, -0.2) is 29.0 Å². The first kappa shape index (κ1) is 18.7. The van der Waals surface area contributed by atoms with E-state index < -0.39 is 4.87 Å². The third-order valence-electron chi connectivity index (χ3n) is 5.36. The molecule has 29 heavy (non-hydrogen) atoms. The highest BCUT2D eigenvalue weighted by molar-refractivity contribution is 8.01. The van der Waals surface area contributed by atoms with Crippen LogP contribution in [0, 0.1) is 0 Å². The molecule has 2 amide bonds. The molecule has 1 spiro atoms. The summed E-state index contributed by atoms with van der Waals surface area (Å²) in [4.78, 5) is 30.3. The van der Waals surface area contributed by atoms with Crippen LogP contribution in [0.4, 0.5) is 5.69 Å². The van der Waals surface area contributed by atoms with Crippen LogP contribution in [-0.2, 0) is 16.2 Å². The molecule has 1 fully saturated rings. The first-order chi connectivity index (χ1) is 14.1. The first-order valence-corrected chi connectivity index (χ1v) is 11.5. The average molecular weight is 441 g/mol. The maximum Gasteiger partial charge on any atom is 0.268 e. The Bertz CT molecular complexity index is 1100. The minimum atomic E-state index is -1.01. The van der Waals surface area contributed by atoms with E-state index in [2.05, 4.69) is 0 Å². The van der Waals surface area contributed by atoms with Crippen molar-refractivity contribution in [3.8, 4) is 0 Å². The van der Waals surface area contributed by atoms with E-state index in [1.807, 2.05) is 66.0 Å². The molecule has 146 valence electrons. The molecule has 0 radical (unpaired) electrons. The lowest BCUT2D eigenvalue weighted by Gasteiger charge is -2.33. The molecule has 7 heteroatoms. The number of thiophene rings is 1. The van der Waals surface area contributed by atoms with Crippen molar-refractivity contribution in [3.63, 3.8) is 0 Å². The molecule has 0 unspecified atom stereocenters. The minimum absolute atomic E-state index is 0.0778. The number of rotatable bonds is 3. The summed E-state index contributed by atoms with van der Waals surface area (Å²) >= 11 is 9.31. The van der Waals surface area contributed by atoms with Crippen molar-refractivity contribution in [2.45, 2.75) is 11.4 Å². The van der Waals surface area contributed by atoms with E-state index in [0.29, 0.717) is 23.0 Å². The SMILES string of the molecule is O=C(c1cccs1)N1CCS[C@@]12C(=O)N(Cc1ccccc1Cl)c1ccccc12. The summed E-state index contributed by atoms with van der Waals surface area (Å²) in [5.41, 5.74) is 2.61. The summed E-state index contributed by atoms with van der Waals surface area (Å²) < 4.78 is 0. The molecular weight excluding hydrogens is 424 g/mol. The largest absolute Gasteiger partial charge is 0.310 e. The van der Waals surface area contributed by atoms with Crippen LogP contribution in [0.25, 0.3) is 0 Å². The van der Waals surface area contributed by atoms with E-state index in [1.54, 1.807) is 21.6 Å². The molecule has 2 aromatic carbocycles. The van der Waals surface area contributed by atoms with Gasteiger partial charge in [0, 0.05) is 22.9 Å². The van der Waals surface area contributed by atoms with Crippen molar-refractivity contribution in [3.05, 3.63) is 87.1 Å². The molecule has 1 saturated heterocycles. The highest BCUT2D eigenvalue weighted by atomic mass is 35.5. The predicted octanol–water partition coefficient (Wildman–Crippen LogP) is 4.99. The van der Waals surface area contributed by atoms with Crippen LogP contribution in [0.3, 0.4) is 0 Å². The van der Waals surface area contributed by atoms with Gasteiger partial charge in [-0.1, -0.05) is 54.1 Å². The fourth-order valence-electron chi connectivity index (χ4n) is 4.06. The molecule has 0 aliphatic carbocycles. The molecule has 4 nitrogen and oxygen atoms in total. The van der Waals surface area contributed by atoms with Crippen LogP contribution >= 0.6 is 34.7 Å². The number of nitrogens with zero attached hydrogens (tertiary/aromatic N) is 2. The Balaban J connectivity index is 1.60. The van der Waals surface area contributed by atoms with Crippen molar-refractivity contribution in [1.29, 1.82) is 0 Å². The Kier molecular flexibility index (Phi) is 4.65. The standard InChI is InChI=1S/C22H17ClN2O2S2/c23-17-8-3-1-6-15(17)14-24-18-9-4-2-7-16(18)22(21(24)27)25(11-13-29-22)20(26)19-10-5-12-28-19/h1-10,12H,11,13-14H2/t22-/m0/s1. The minimum Gasteiger partial charge on any atom is -0.310 e. The van der Waals surface area contributed by atoms with Gasteiger partial charge in [-0.05, 0) is 29.1 Å². The highest BCUT2D eigenvalue weighted by Gasteiger charge is 2.59. The van der Waals surface area contributed by atoms with E-state index in [9.17, 15) is 9.59 Å². The lowest BCUT2D eigenvalue weighted by atomic mass is 10.1. The van der Waals surface area contributed by atoms with Gasteiger partial charge in [0.05, 0.1) is 17.1 Å². The highest BCUT2D eigenvalue weighted by Crippen LogP contribution is 2.54. The zero-order valence-electron chi connectivity index (χ0n) is 15.4. The molecular formula is C22H17ClN2O2S2. The van der Waals surface area contributed by atoms with E-state index in [0.717, 1.165) is 22.6 Å². The third kappa shape index (κ3) is 2.81. The molecule has 5 rings (SSSR count). The van der Waals surface area contributed by atoms with Gasteiger partial charge in [-0.25, -0.2) is 0 Å². The van der Waals surface area contributed by atoms with Crippen LogP contribution in [0.2, 0.25) is 5.02 Å². The van der Waals surface area contributed by atoms with Crippen molar-refractivity contribution >= 4 is 52.2 Å². The molecule has 0 saturated carbocycles. The number of carbonyl (C=O) groups is 2. The number of hydrogen-bond acceptors (Lipinski definition) is 4. The molecule has 0 N–H and O–H groups in total. The maximum absolute atomic E-state index is 13.9. The number of halogens is 1. The summed E-state index contributed by atoms with van der Waals surface area (Å²) in [5.74, 6) is 0.552. The Morgan fingerprint density at radius 2 is 1.86 bits per heavy atom. The number of anilines is 1. The lowest BCUT2D eigenvalue weighted by Crippen LogP contribution is -2.50. The van der Waals surface area contributed by atoms with E-state index >= 15 is 0 Å². The van der Waals surface area contributed by atoms with Gasteiger partial charge < -0.3 is 9.80 Å². The van der Waals surface area contributed by atoms with E-state index in [4.69, 9.17) is 11.6 Å². The fourth-order valence-corrected chi connectivity index (χ4v) is 6.38.